The number of isothiocyanates is 1. The molecule has 0 aliphatic rings. The monoisotopic (exact) mass is 217 g/mol. The third kappa shape index (κ3) is 3.98. The normalized spacial score (nSPS) is 10.4. The van der Waals surface area contributed by atoms with Crippen molar-refractivity contribution in [1.82, 2.24) is 0 Å². The molecule has 15 heavy (non-hydrogen) atoms. The third-order valence-electron chi connectivity index (χ3n) is 1.77. The Labute approximate surface area is 95.3 Å². The summed E-state index contributed by atoms with van der Waals surface area (Å²) in [7, 11) is 3.92. The Morgan fingerprint density at radius 1 is 1.33 bits per heavy atom. The van der Waals surface area contributed by atoms with Crippen LogP contribution in [0, 0.1) is 0 Å². The lowest BCUT2D eigenvalue weighted by atomic mass is 10.1. The molecule has 0 spiro atoms. The third-order valence-corrected chi connectivity index (χ3v) is 1.86. The van der Waals surface area contributed by atoms with Gasteiger partial charge in [-0.2, -0.15) is 4.99 Å². The number of aliphatic imine (C=N–C) groups is 1. The zero-order chi connectivity index (χ0) is 11.1. The van der Waals surface area contributed by atoms with E-state index in [1.807, 2.05) is 61.3 Å². The van der Waals surface area contributed by atoms with Crippen molar-refractivity contribution in [2.24, 2.45) is 4.99 Å². The molecule has 3 heteroatoms. The number of hydrogen-bond acceptors (Lipinski definition) is 2. The van der Waals surface area contributed by atoms with Gasteiger partial charge in [0.15, 0.2) is 6.21 Å². The van der Waals surface area contributed by atoms with Gasteiger partial charge >= 0.3 is 0 Å². The summed E-state index contributed by atoms with van der Waals surface area (Å²) in [5, 5.41) is 2.39. The van der Waals surface area contributed by atoms with Gasteiger partial charge in [-0.1, -0.05) is 30.3 Å². The van der Waals surface area contributed by atoms with Crippen LogP contribution in [-0.4, -0.2) is 30.0 Å². The Balaban J connectivity index is 3.09. The number of thiocarbonyl (C=S) groups is 1. The van der Waals surface area contributed by atoms with Gasteiger partial charge in [0.1, 0.15) is 14.1 Å². The maximum Gasteiger partial charge on any atom is 0.165 e. The van der Waals surface area contributed by atoms with Gasteiger partial charge in [0.25, 0.3) is 0 Å². The molecule has 1 rings (SSSR count). The minimum atomic E-state index is 0.819. The highest BCUT2D eigenvalue weighted by Crippen LogP contribution is 2.13. The van der Waals surface area contributed by atoms with Gasteiger partial charge in [0.2, 0.25) is 0 Å². The molecule has 2 nitrogen and oxygen atoms in total. The quantitative estimate of drug-likeness (QED) is 0.431. The van der Waals surface area contributed by atoms with E-state index in [2.05, 4.69) is 22.4 Å². The van der Waals surface area contributed by atoms with E-state index >= 15 is 0 Å². The van der Waals surface area contributed by atoms with Crippen molar-refractivity contribution in [3.05, 3.63) is 42.0 Å². The van der Waals surface area contributed by atoms with Crippen molar-refractivity contribution in [2.45, 2.75) is 0 Å². The molecule has 0 saturated heterocycles. The lowest BCUT2D eigenvalue weighted by Crippen LogP contribution is -1.96. The first-order chi connectivity index (χ1) is 7.24. The fourth-order valence-corrected chi connectivity index (χ4v) is 1.17. The molecule has 1 aromatic carbocycles. The minimum absolute atomic E-state index is 0.819. The molecule has 0 aromatic heterocycles. The lowest BCUT2D eigenvalue weighted by Gasteiger charge is -1.97. The van der Waals surface area contributed by atoms with Crippen molar-refractivity contribution in [3.63, 3.8) is 0 Å². The molecular weight excluding hydrogens is 204 g/mol. The SMILES string of the molecule is C[N+](C)=C/C=C(\N=C=S)c1ccccc1. The molecule has 0 saturated carbocycles. The average molecular weight is 217 g/mol. The van der Waals surface area contributed by atoms with Gasteiger partial charge in [0.05, 0.1) is 10.9 Å². The first kappa shape index (κ1) is 11.5. The van der Waals surface area contributed by atoms with E-state index in [1.54, 1.807) is 0 Å². The molecule has 76 valence electrons. The number of rotatable bonds is 3. The molecular formula is C12H13N2S+. The predicted molar refractivity (Wildman–Crippen MR) is 67.6 cm³/mol. The lowest BCUT2D eigenvalue weighted by molar-refractivity contribution is -0.458. The molecule has 0 atom stereocenters. The predicted octanol–water partition coefficient (Wildman–Crippen LogP) is 2.47. The molecule has 0 N–H and O–H groups in total. The van der Waals surface area contributed by atoms with E-state index in [9.17, 15) is 0 Å². The minimum Gasteiger partial charge on any atom is -0.241 e. The van der Waals surface area contributed by atoms with E-state index in [0.29, 0.717) is 0 Å². The van der Waals surface area contributed by atoms with Gasteiger partial charge < -0.3 is 0 Å². The second-order valence-corrected chi connectivity index (χ2v) is 3.42. The van der Waals surface area contributed by atoms with Crippen molar-refractivity contribution < 1.29 is 4.58 Å². The van der Waals surface area contributed by atoms with Crippen LogP contribution in [0.3, 0.4) is 0 Å². The topological polar surface area (TPSA) is 15.4 Å². The summed E-state index contributed by atoms with van der Waals surface area (Å²) >= 11 is 4.62. The molecule has 0 radical (unpaired) electrons. The number of nitrogens with zero attached hydrogens (tertiary/aromatic N) is 2. The largest absolute Gasteiger partial charge is 0.241 e. The van der Waals surface area contributed by atoms with Gasteiger partial charge in [-0.05, 0) is 12.2 Å². The Morgan fingerprint density at radius 3 is 2.53 bits per heavy atom. The number of benzene rings is 1. The van der Waals surface area contributed by atoms with E-state index in [4.69, 9.17) is 0 Å². The van der Waals surface area contributed by atoms with Crippen LogP contribution >= 0.6 is 12.2 Å². The number of hydrogen-bond donors (Lipinski definition) is 0. The average Bonchev–Trinajstić information content (AvgIpc) is 2.25. The maximum absolute atomic E-state index is 4.62. The molecule has 0 bridgehead atoms. The summed E-state index contributed by atoms with van der Waals surface area (Å²) in [6.07, 6.45) is 3.84. The van der Waals surface area contributed by atoms with Crippen LogP contribution in [0.25, 0.3) is 5.70 Å². The van der Waals surface area contributed by atoms with Crippen LogP contribution in [0.5, 0.6) is 0 Å². The molecule has 0 heterocycles. The highest BCUT2D eigenvalue weighted by Gasteiger charge is 1.97. The van der Waals surface area contributed by atoms with Crippen molar-refractivity contribution in [3.8, 4) is 0 Å². The molecule has 0 unspecified atom stereocenters. The Morgan fingerprint density at radius 2 is 2.00 bits per heavy atom. The Hall–Kier alpha value is -1.57. The second kappa shape index (κ2) is 6.02. The zero-order valence-electron chi connectivity index (χ0n) is 8.84. The van der Waals surface area contributed by atoms with Crippen LogP contribution in [0.4, 0.5) is 0 Å². The standard InChI is InChI=1S/C12H13N2S/c1-14(2)9-8-12(13-10-15)11-6-4-3-5-7-11/h3-9H,1-2H3/q+1. The van der Waals surface area contributed by atoms with Crippen LogP contribution < -0.4 is 0 Å². The fraction of sp³-hybridized carbons (Fsp3) is 0.167. The maximum atomic E-state index is 4.62. The summed E-state index contributed by atoms with van der Waals surface area (Å²) in [4.78, 5) is 4.03. The first-order valence-corrected chi connectivity index (χ1v) is 4.99. The van der Waals surface area contributed by atoms with Gasteiger partial charge in [-0.15, -0.1) is 0 Å². The van der Waals surface area contributed by atoms with E-state index in [0.717, 1.165) is 11.3 Å². The smallest absolute Gasteiger partial charge is 0.165 e. The second-order valence-electron chi connectivity index (χ2n) is 3.23. The van der Waals surface area contributed by atoms with Gasteiger partial charge in [-0.25, -0.2) is 4.58 Å². The van der Waals surface area contributed by atoms with E-state index in [-0.39, 0.29) is 0 Å². The number of allylic oxidation sites excluding steroid dienone is 1. The molecule has 1 aromatic rings. The summed E-state index contributed by atoms with van der Waals surface area (Å²) in [5.74, 6) is 0. The van der Waals surface area contributed by atoms with E-state index < -0.39 is 0 Å². The van der Waals surface area contributed by atoms with Crippen molar-refractivity contribution in [1.29, 1.82) is 0 Å². The summed E-state index contributed by atoms with van der Waals surface area (Å²) < 4.78 is 1.95. The molecule has 0 aliphatic carbocycles. The van der Waals surface area contributed by atoms with Gasteiger partial charge in [-0.3, -0.25) is 0 Å². The molecule has 0 fully saturated rings. The first-order valence-electron chi connectivity index (χ1n) is 4.59. The summed E-state index contributed by atoms with van der Waals surface area (Å²) in [5.41, 5.74) is 1.85. The van der Waals surface area contributed by atoms with Crippen LogP contribution in [0.15, 0.2) is 41.4 Å². The van der Waals surface area contributed by atoms with Crippen LogP contribution in [0.2, 0.25) is 0 Å². The Kier molecular flexibility index (Phi) is 4.61. The highest BCUT2D eigenvalue weighted by atomic mass is 32.1. The highest BCUT2D eigenvalue weighted by molar-refractivity contribution is 7.78. The van der Waals surface area contributed by atoms with Gasteiger partial charge in [0, 0.05) is 11.6 Å². The molecule has 0 aliphatic heterocycles. The summed E-state index contributed by atoms with van der Waals surface area (Å²) in [6, 6.07) is 9.89. The Bertz CT molecular complexity index is 422. The summed E-state index contributed by atoms with van der Waals surface area (Å²) in [6.45, 7) is 0. The van der Waals surface area contributed by atoms with Crippen LogP contribution in [0.1, 0.15) is 5.56 Å². The van der Waals surface area contributed by atoms with E-state index in [1.165, 1.54) is 0 Å². The van der Waals surface area contributed by atoms with Crippen LogP contribution in [-0.2, 0) is 0 Å². The molecule has 0 amide bonds. The fourth-order valence-electron chi connectivity index (χ4n) is 1.08. The van der Waals surface area contributed by atoms with Crippen molar-refractivity contribution in [2.75, 3.05) is 14.1 Å². The van der Waals surface area contributed by atoms with Crippen molar-refractivity contribution >= 4 is 29.3 Å². The zero-order valence-corrected chi connectivity index (χ0v) is 9.66.